The number of hydrogen-bond acceptors (Lipinski definition) is 5. The second-order valence-corrected chi connectivity index (χ2v) is 6.17. The molecule has 2 aromatic rings. The normalized spacial score (nSPS) is 11.1. The zero-order valence-corrected chi connectivity index (χ0v) is 12.1. The molecule has 0 spiro atoms. The third-order valence-electron chi connectivity index (χ3n) is 2.55. The first-order valence-corrected chi connectivity index (χ1v) is 7.49. The first kappa shape index (κ1) is 15.1. The summed E-state index contributed by atoms with van der Waals surface area (Å²) in [6.45, 7) is 0. The summed E-state index contributed by atoms with van der Waals surface area (Å²) in [5.74, 6) is -0.601. The Bertz CT molecular complexity index is 791. The van der Waals surface area contributed by atoms with Crippen molar-refractivity contribution in [3.63, 3.8) is 0 Å². The minimum absolute atomic E-state index is 0.0900. The number of carbonyl (C=O) groups is 1. The largest absolute Gasteiger partial charge is 0.398 e. The van der Waals surface area contributed by atoms with Crippen LogP contribution in [0.25, 0.3) is 0 Å². The summed E-state index contributed by atoms with van der Waals surface area (Å²) in [6, 6.07) is 6.59. The van der Waals surface area contributed by atoms with Crippen molar-refractivity contribution in [1.29, 1.82) is 0 Å². The van der Waals surface area contributed by atoms with Crippen LogP contribution in [-0.2, 0) is 10.0 Å². The molecule has 0 bridgehead atoms. The molecule has 0 aliphatic rings. The smallest absolute Gasteiger partial charge is 0.265 e. The van der Waals surface area contributed by atoms with Gasteiger partial charge in [0.05, 0.1) is 10.7 Å². The van der Waals surface area contributed by atoms with Crippen molar-refractivity contribution < 1.29 is 13.2 Å². The molecular weight excluding hydrogens is 316 g/mol. The number of nitrogens with one attached hydrogen (secondary N) is 1. The maximum Gasteiger partial charge on any atom is 0.265 e. The van der Waals surface area contributed by atoms with E-state index in [1.54, 1.807) is 0 Å². The lowest BCUT2D eigenvalue weighted by atomic mass is 10.2. The summed E-state index contributed by atoms with van der Waals surface area (Å²) in [6.07, 6.45) is 1.30. The van der Waals surface area contributed by atoms with Crippen LogP contribution in [0.5, 0.6) is 0 Å². The van der Waals surface area contributed by atoms with Gasteiger partial charge in [-0.3, -0.25) is 9.52 Å². The Kier molecular flexibility index (Phi) is 4.01. The number of carbonyl (C=O) groups excluding carboxylic acids is 1. The van der Waals surface area contributed by atoms with Crippen LogP contribution in [0.1, 0.15) is 10.4 Å². The van der Waals surface area contributed by atoms with Crippen LogP contribution in [0.15, 0.2) is 41.4 Å². The number of anilines is 2. The summed E-state index contributed by atoms with van der Waals surface area (Å²) >= 11 is 5.67. The number of nitrogen functional groups attached to an aromatic ring is 1. The summed E-state index contributed by atoms with van der Waals surface area (Å²) in [5, 5.41) is 0.378. The number of sulfonamides is 1. The van der Waals surface area contributed by atoms with Crippen LogP contribution >= 0.6 is 11.6 Å². The molecule has 0 aliphatic heterocycles. The average Bonchev–Trinajstić information content (AvgIpc) is 2.40. The van der Waals surface area contributed by atoms with Crippen molar-refractivity contribution in [2.45, 2.75) is 4.90 Å². The van der Waals surface area contributed by atoms with Crippen LogP contribution in [0.4, 0.5) is 11.5 Å². The number of benzene rings is 1. The number of nitrogens with zero attached hydrogens (tertiary/aromatic N) is 1. The lowest BCUT2D eigenvalue weighted by molar-refractivity contribution is 0.1000. The van der Waals surface area contributed by atoms with Gasteiger partial charge in [-0.1, -0.05) is 11.6 Å². The molecular formula is C12H11ClN4O3S. The van der Waals surface area contributed by atoms with Gasteiger partial charge >= 0.3 is 0 Å². The molecule has 0 unspecified atom stereocenters. The second-order valence-electron chi connectivity index (χ2n) is 4.08. The number of primary amides is 1. The molecule has 1 aromatic carbocycles. The Morgan fingerprint density at radius 1 is 1.24 bits per heavy atom. The molecule has 1 amide bonds. The highest BCUT2D eigenvalue weighted by atomic mass is 35.5. The quantitative estimate of drug-likeness (QED) is 0.727. The number of pyridine rings is 1. The number of rotatable bonds is 4. The monoisotopic (exact) mass is 326 g/mol. The molecule has 0 atom stereocenters. The van der Waals surface area contributed by atoms with Crippen LogP contribution in [0, 0.1) is 0 Å². The molecule has 1 aromatic heterocycles. The van der Waals surface area contributed by atoms with Gasteiger partial charge in [-0.2, -0.15) is 0 Å². The molecule has 0 saturated carbocycles. The van der Waals surface area contributed by atoms with E-state index in [0.717, 1.165) is 0 Å². The topological polar surface area (TPSA) is 128 Å². The van der Waals surface area contributed by atoms with Gasteiger partial charge in [0.2, 0.25) is 5.91 Å². The molecule has 2 rings (SSSR count). The van der Waals surface area contributed by atoms with Gasteiger partial charge in [-0.05, 0) is 30.3 Å². The van der Waals surface area contributed by atoms with E-state index in [1.165, 1.54) is 36.5 Å². The molecule has 9 heteroatoms. The van der Waals surface area contributed by atoms with E-state index in [2.05, 4.69) is 9.71 Å². The predicted octanol–water partition coefficient (Wildman–Crippen LogP) is 1.22. The predicted molar refractivity (Wildman–Crippen MR) is 79.4 cm³/mol. The zero-order valence-electron chi connectivity index (χ0n) is 10.6. The molecule has 1 heterocycles. The summed E-state index contributed by atoms with van der Waals surface area (Å²) in [5.41, 5.74) is 10.8. The van der Waals surface area contributed by atoms with Crippen LogP contribution in [0.3, 0.4) is 0 Å². The Hall–Kier alpha value is -2.32. The maximum absolute atomic E-state index is 12.2. The van der Waals surface area contributed by atoms with Gasteiger partial charge in [-0.25, -0.2) is 13.4 Å². The van der Waals surface area contributed by atoms with Crippen LogP contribution in [-0.4, -0.2) is 19.3 Å². The van der Waals surface area contributed by atoms with Crippen molar-refractivity contribution in [2.75, 3.05) is 10.5 Å². The van der Waals surface area contributed by atoms with Crippen molar-refractivity contribution in [2.24, 2.45) is 5.73 Å². The average molecular weight is 327 g/mol. The first-order chi connectivity index (χ1) is 9.79. The third kappa shape index (κ3) is 3.41. The Morgan fingerprint density at radius 2 is 1.95 bits per heavy atom. The molecule has 5 N–H and O–H groups in total. The van der Waals surface area contributed by atoms with Crippen molar-refractivity contribution in [3.8, 4) is 0 Å². The van der Waals surface area contributed by atoms with E-state index in [-0.39, 0.29) is 22.0 Å². The number of nitrogens with two attached hydrogens (primary N) is 2. The fraction of sp³-hybridized carbons (Fsp3) is 0. The number of amides is 1. The van der Waals surface area contributed by atoms with Gasteiger partial charge in [0, 0.05) is 11.8 Å². The molecule has 0 saturated heterocycles. The van der Waals surface area contributed by atoms with E-state index in [4.69, 9.17) is 23.1 Å². The Morgan fingerprint density at radius 3 is 2.48 bits per heavy atom. The van der Waals surface area contributed by atoms with E-state index in [0.29, 0.717) is 5.02 Å². The highest BCUT2D eigenvalue weighted by Crippen LogP contribution is 2.22. The first-order valence-electron chi connectivity index (χ1n) is 5.63. The van der Waals surface area contributed by atoms with Crippen molar-refractivity contribution >= 4 is 39.0 Å². The van der Waals surface area contributed by atoms with E-state index in [9.17, 15) is 13.2 Å². The molecule has 0 aliphatic carbocycles. The third-order valence-corrected chi connectivity index (χ3v) is 4.20. The molecule has 0 radical (unpaired) electrons. The zero-order chi connectivity index (χ0) is 15.6. The maximum atomic E-state index is 12.2. The fourth-order valence-corrected chi connectivity index (χ4v) is 2.81. The summed E-state index contributed by atoms with van der Waals surface area (Å²) in [7, 11) is -3.93. The summed E-state index contributed by atoms with van der Waals surface area (Å²) < 4.78 is 26.7. The van der Waals surface area contributed by atoms with Crippen molar-refractivity contribution in [3.05, 3.63) is 47.1 Å². The fourth-order valence-electron chi connectivity index (χ4n) is 1.58. The lowest BCUT2D eigenvalue weighted by Crippen LogP contribution is -2.17. The van der Waals surface area contributed by atoms with Gasteiger partial charge < -0.3 is 11.5 Å². The number of hydrogen-bond donors (Lipinski definition) is 3. The van der Waals surface area contributed by atoms with Gasteiger partial charge in [0.15, 0.2) is 0 Å². The second kappa shape index (κ2) is 5.58. The van der Waals surface area contributed by atoms with Gasteiger partial charge in [-0.15, -0.1) is 0 Å². The van der Waals surface area contributed by atoms with Gasteiger partial charge in [0.25, 0.3) is 10.0 Å². The Balaban J connectivity index is 2.35. The van der Waals surface area contributed by atoms with Crippen molar-refractivity contribution in [1.82, 2.24) is 4.98 Å². The Labute approximate surface area is 126 Å². The van der Waals surface area contributed by atoms with E-state index in [1.807, 2.05) is 0 Å². The van der Waals surface area contributed by atoms with E-state index >= 15 is 0 Å². The minimum atomic E-state index is -3.93. The molecule has 7 nitrogen and oxygen atoms in total. The highest BCUT2D eigenvalue weighted by Gasteiger charge is 2.19. The highest BCUT2D eigenvalue weighted by molar-refractivity contribution is 7.92. The standard InChI is InChI=1S/C12H11ClN4O3S/c13-8-2-4-11(16-6-8)17-21(19,20)10-3-1-7(12(15)18)5-9(10)14/h1-6H,14H2,(H2,15,18)(H,16,17). The van der Waals surface area contributed by atoms with Crippen LogP contribution in [0.2, 0.25) is 5.02 Å². The van der Waals surface area contributed by atoms with E-state index < -0.39 is 15.9 Å². The molecule has 110 valence electrons. The number of halogens is 1. The van der Waals surface area contributed by atoms with Gasteiger partial charge in [0.1, 0.15) is 10.7 Å². The minimum Gasteiger partial charge on any atom is -0.398 e. The SMILES string of the molecule is NC(=O)c1ccc(S(=O)(=O)Nc2ccc(Cl)cn2)c(N)c1. The van der Waals surface area contributed by atoms with Crippen LogP contribution < -0.4 is 16.2 Å². The molecule has 21 heavy (non-hydrogen) atoms. The molecule has 0 fully saturated rings. The summed E-state index contributed by atoms with van der Waals surface area (Å²) in [4.78, 5) is 14.7. The number of aromatic nitrogens is 1. The lowest BCUT2D eigenvalue weighted by Gasteiger charge is -2.10.